The summed E-state index contributed by atoms with van der Waals surface area (Å²) in [5.41, 5.74) is 2.83. The normalized spacial score (nSPS) is 19.4. The lowest BCUT2D eigenvalue weighted by Crippen LogP contribution is -2.38. The van der Waals surface area contributed by atoms with Gasteiger partial charge in [-0.2, -0.15) is 0 Å². The maximum atomic E-state index is 5.82. The maximum absolute atomic E-state index is 5.82. The molecule has 17 heavy (non-hydrogen) atoms. The lowest BCUT2D eigenvalue weighted by atomic mass is 9.82. The third kappa shape index (κ3) is 2.92. The zero-order valence-corrected chi connectivity index (χ0v) is 11.7. The second kappa shape index (κ2) is 4.85. The molecule has 0 unspecified atom stereocenters. The van der Waals surface area contributed by atoms with E-state index >= 15 is 0 Å². The first-order chi connectivity index (χ1) is 8.02. The summed E-state index contributed by atoms with van der Waals surface area (Å²) in [5.74, 6) is 1.68. The molecule has 0 radical (unpaired) electrons. The van der Waals surface area contributed by atoms with Crippen LogP contribution in [0, 0.1) is 12.3 Å². The Balaban J connectivity index is 2.13. The van der Waals surface area contributed by atoms with Crippen LogP contribution >= 0.6 is 11.6 Å². The van der Waals surface area contributed by atoms with Crippen molar-refractivity contribution in [1.29, 1.82) is 0 Å². The standard InChI is InChI=1S/C14H21ClN2/c1-11-8-12(9-15)10-16-13(11)17-6-4-14(2,3)5-7-17/h8,10H,4-7,9H2,1-3H3. The summed E-state index contributed by atoms with van der Waals surface area (Å²) in [4.78, 5) is 6.96. The average Bonchev–Trinajstić information content (AvgIpc) is 2.29. The highest BCUT2D eigenvalue weighted by molar-refractivity contribution is 6.17. The molecule has 1 aliphatic rings. The van der Waals surface area contributed by atoms with E-state index in [-0.39, 0.29) is 0 Å². The van der Waals surface area contributed by atoms with E-state index in [4.69, 9.17) is 11.6 Å². The third-order valence-corrected chi connectivity index (χ3v) is 3.99. The summed E-state index contributed by atoms with van der Waals surface area (Å²) in [6.07, 6.45) is 4.38. The van der Waals surface area contributed by atoms with Gasteiger partial charge in [-0.3, -0.25) is 0 Å². The van der Waals surface area contributed by atoms with Crippen LogP contribution < -0.4 is 4.90 Å². The molecular weight excluding hydrogens is 232 g/mol. The Morgan fingerprint density at radius 2 is 2.00 bits per heavy atom. The quantitative estimate of drug-likeness (QED) is 0.746. The first kappa shape index (κ1) is 12.7. The van der Waals surface area contributed by atoms with Gasteiger partial charge in [-0.15, -0.1) is 11.6 Å². The Morgan fingerprint density at radius 3 is 2.53 bits per heavy atom. The fourth-order valence-electron chi connectivity index (χ4n) is 2.35. The number of piperidine rings is 1. The van der Waals surface area contributed by atoms with Crippen molar-refractivity contribution in [3.63, 3.8) is 0 Å². The number of hydrogen-bond donors (Lipinski definition) is 0. The van der Waals surface area contributed by atoms with E-state index in [1.165, 1.54) is 18.4 Å². The van der Waals surface area contributed by atoms with E-state index in [0.29, 0.717) is 11.3 Å². The van der Waals surface area contributed by atoms with E-state index in [1.54, 1.807) is 0 Å². The van der Waals surface area contributed by atoms with Crippen molar-refractivity contribution in [1.82, 2.24) is 4.98 Å². The summed E-state index contributed by atoms with van der Waals surface area (Å²) in [6.45, 7) is 9.04. The Labute approximate surface area is 109 Å². The Hall–Kier alpha value is -0.760. The van der Waals surface area contributed by atoms with Gasteiger partial charge < -0.3 is 4.90 Å². The summed E-state index contributed by atoms with van der Waals surface area (Å²) in [7, 11) is 0. The molecule has 2 nitrogen and oxygen atoms in total. The predicted octanol–water partition coefficient (Wildman–Crippen LogP) is 3.76. The second-order valence-corrected chi connectivity index (χ2v) is 6.04. The molecule has 0 N–H and O–H groups in total. The molecule has 0 bridgehead atoms. The van der Waals surface area contributed by atoms with Gasteiger partial charge in [0, 0.05) is 25.2 Å². The monoisotopic (exact) mass is 252 g/mol. The van der Waals surface area contributed by atoms with Gasteiger partial charge in [-0.25, -0.2) is 4.98 Å². The molecule has 1 aromatic rings. The molecule has 1 saturated heterocycles. The number of nitrogens with zero attached hydrogens (tertiary/aromatic N) is 2. The molecule has 2 heterocycles. The van der Waals surface area contributed by atoms with E-state index < -0.39 is 0 Å². The number of rotatable bonds is 2. The number of halogens is 1. The minimum Gasteiger partial charge on any atom is -0.356 e. The van der Waals surface area contributed by atoms with Crippen molar-refractivity contribution in [3.05, 3.63) is 23.4 Å². The number of aryl methyl sites for hydroxylation is 1. The van der Waals surface area contributed by atoms with Crippen molar-refractivity contribution >= 4 is 17.4 Å². The molecule has 0 atom stereocenters. The number of alkyl halides is 1. The molecule has 0 aromatic carbocycles. The zero-order chi connectivity index (χ0) is 12.5. The topological polar surface area (TPSA) is 16.1 Å². The van der Waals surface area contributed by atoms with Crippen LogP contribution in [0.2, 0.25) is 0 Å². The molecule has 0 spiro atoms. The predicted molar refractivity (Wildman–Crippen MR) is 73.8 cm³/mol. The average molecular weight is 253 g/mol. The van der Waals surface area contributed by atoms with Gasteiger partial charge >= 0.3 is 0 Å². The van der Waals surface area contributed by atoms with Crippen LogP contribution in [0.1, 0.15) is 37.8 Å². The van der Waals surface area contributed by atoms with Crippen molar-refractivity contribution in [3.8, 4) is 0 Å². The molecular formula is C14H21ClN2. The molecule has 3 heteroatoms. The smallest absolute Gasteiger partial charge is 0.131 e. The van der Waals surface area contributed by atoms with Gasteiger partial charge in [0.2, 0.25) is 0 Å². The van der Waals surface area contributed by atoms with Crippen LogP contribution in [0.3, 0.4) is 0 Å². The van der Waals surface area contributed by atoms with Crippen LogP contribution in [0.5, 0.6) is 0 Å². The van der Waals surface area contributed by atoms with E-state index in [0.717, 1.165) is 24.5 Å². The van der Waals surface area contributed by atoms with Crippen LogP contribution in [0.15, 0.2) is 12.3 Å². The number of aromatic nitrogens is 1. The molecule has 94 valence electrons. The first-order valence-electron chi connectivity index (χ1n) is 6.28. The van der Waals surface area contributed by atoms with Gasteiger partial charge in [0.1, 0.15) is 5.82 Å². The summed E-state index contributed by atoms with van der Waals surface area (Å²) in [6, 6.07) is 2.15. The highest BCUT2D eigenvalue weighted by Crippen LogP contribution is 2.32. The molecule has 0 aliphatic carbocycles. The van der Waals surface area contributed by atoms with Crippen LogP contribution in [0.25, 0.3) is 0 Å². The SMILES string of the molecule is Cc1cc(CCl)cnc1N1CCC(C)(C)CC1. The van der Waals surface area contributed by atoms with Gasteiger partial charge in [0.15, 0.2) is 0 Å². The van der Waals surface area contributed by atoms with Crippen LogP contribution in [-0.2, 0) is 5.88 Å². The van der Waals surface area contributed by atoms with Crippen LogP contribution in [0.4, 0.5) is 5.82 Å². The minimum absolute atomic E-state index is 0.487. The fraction of sp³-hybridized carbons (Fsp3) is 0.643. The molecule has 0 amide bonds. The van der Waals surface area contributed by atoms with Gasteiger partial charge in [0.05, 0.1) is 0 Å². The molecule has 0 saturated carbocycles. The van der Waals surface area contributed by atoms with Gasteiger partial charge in [0.25, 0.3) is 0 Å². The molecule has 1 aromatic heterocycles. The number of pyridine rings is 1. The highest BCUT2D eigenvalue weighted by atomic mass is 35.5. The van der Waals surface area contributed by atoms with Crippen molar-refractivity contribution in [2.75, 3.05) is 18.0 Å². The summed E-state index contributed by atoms with van der Waals surface area (Å²) < 4.78 is 0. The Bertz CT molecular complexity index is 391. The largest absolute Gasteiger partial charge is 0.356 e. The van der Waals surface area contributed by atoms with Gasteiger partial charge in [-0.1, -0.05) is 13.8 Å². The molecule has 1 aliphatic heterocycles. The van der Waals surface area contributed by atoms with Crippen molar-refractivity contribution in [2.45, 2.75) is 39.5 Å². The van der Waals surface area contributed by atoms with Gasteiger partial charge in [-0.05, 0) is 42.4 Å². The van der Waals surface area contributed by atoms with E-state index in [9.17, 15) is 0 Å². The lowest BCUT2D eigenvalue weighted by molar-refractivity contribution is 0.279. The summed E-state index contributed by atoms with van der Waals surface area (Å²) in [5, 5.41) is 0. The highest BCUT2D eigenvalue weighted by Gasteiger charge is 2.26. The second-order valence-electron chi connectivity index (χ2n) is 5.77. The van der Waals surface area contributed by atoms with E-state index in [1.807, 2.05) is 6.20 Å². The Kier molecular flexibility index (Phi) is 3.62. The summed E-state index contributed by atoms with van der Waals surface area (Å²) >= 11 is 5.82. The lowest BCUT2D eigenvalue weighted by Gasteiger charge is -2.38. The van der Waals surface area contributed by atoms with Crippen molar-refractivity contribution in [2.24, 2.45) is 5.41 Å². The first-order valence-corrected chi connectivity index (χ1v) is 6.82. The maximum Gasteiger partial charge on any atom is 0.131 e. The third-order valence-electron chi connectivity index (χ3n) is 3.68. The minimum atomic E-state index is 0.487. The fourth-order valence-corrected chi connectivity index (χ4v) is 2.50. The molecule has 1 fully saturated rings. The number of hydrogen-bond acceptors (Lipinski definition) is 2. The van der Waals surface area contributed by atoms with E-state index in [2.05, 4.69) is 36.7 Å². The number of anilines is 1. The van der Waals surface area contributed by atoms with Crippen LogP contribution in [-0.4, -0.2) is 18.1 Å². The van der Waals surface area contributed by atoms with Crippen molar-refractivity contribution < 1.29 is 0 Å². The zero-order valence-electron chi connectivity index (χ0n) is 11.0. The molecule has 2 rings (SSSR count). The Morgan fingerprint density at radius 1 is 1.35 bits per heavy atom.